The Bertz CT molecular complexity index is 512. The summed E-state index contributed by atoms with van der Waals surface area (Å²) in [5.41, 5.74) is -0.305. The average molecular weight is 265 g/mol. The molecule has 0 radical (unpaired) electrons. The molecular formula is C13H19N3O3. The molecule has 6 nitrogen and oxygen atoms in total. The van der Waals surface area contributed by atoms with Crippen molar-refractivity contribution in [3.8, 4) is 0 Å². The minimum absolute atomic E-state index is 0.0682. The van der Waals surface area contributed by atoms with Gasteiger partial charge in [0.05, 0.1) is 12.0 Å². The molecule has 1 aliphatic heterocycles. The molecule has 1 aromatic rings. The van der Waals surface area contributed by atoms with E-state index in [1.807, 2.05) is 6.92 Å². The fourth-order valence-electron chi connectivity index (χ4n) is 2.34. The number of nitrogens with one attached hydrogen (secondary N) is 1. The van der Waals surface area contributed by atoms with Gasteiger partial charge in [0, 0.05) is 26.0 Å². The molecule has 0 spiro atoms. The predicted octanol–water partition coefficient (Wildman–Crippen LogP) is 0.924. The molecule has 2 heterocycles. The maximum atomic E-state index is 12.2. The van der Waals surface area contributed by atoms with Crippen molar-refractivity contribution < 1.29 is 9.53 Å². The van der Waals surface area contributed by atoms with Gasteiger partial charge in [-0.25, -0.2) is 4.98 Å². The highest BCUT2D eigenvalue weighted by Crippen LogP contribution is 2.24. The number of rotatable bonds is 3. The Labute approximate surface area is 111 Å². The maximum absolute atomic E-state index is 12.2. The molecule has 0 aliphatic carbocycles. The summed E-state index contributed by atoms with van der Waals surface area (Å²) < 4.78 is 6.97. The Kier molecular flexibility index (Phi) is 4.31. The van der Waals surface area contributed by atoms with Crippen LogP contribution >= 0.6 is 0 Å². The minimum Gasteiger partial charge on any atom is -0.377 e. The summed E-state index contributed by atoms with van der Waals surface area (Å²) in [4.78, 5) is 27.9. The second-order valence-electron chi connectivity index (χ2n) is 4.75. The first-order valence-corrected chi connectivity index (χ1v) is 6.57. The van der Waals surface area contributed by atoms with E-state index in [4.69, 9.17) is 4.74 Å². The van der Waals surface area contributed by atoms with Gasteiger partial charge in [0.1, 0.15) is 0 Å². The average Bonchev–Trinajstić information content (AvgIpc) is 2.43. The van der Waals surface area contributed by atoms with Crippen molar-refractivity contribution in [2.24, 2.45) is 13.0 Å². The topological polar surface area (TPSA) is 73.2 Å². The number of aromatic nitrogens is 2. The molecule has 1 amide bonds. The van der Waals surface area contributed by atoms with Crippen LogP contribution in [0.4, 0.5) is 5.82 Å². The summed E-state index contributed by atoms with van der Waals surface area (Å²) in [7, 11) is 1.62. The molecule has 1 N–H and O–H groups in total. The van der Waals surface area contributed by atoms with Crippen LogP contribution in [-0.2, 0) is 16.6 Å². The van der Waals surface area contributed by atoms with E-state index in [0.29, 0.717) is 6.61 Å². The molecule has 1 fully saturated rings. The Morgan fingerprint density at radius 2 is 2.42 bits per heavy atom. The van der Waals surface area contributed by atoms with E-state index >= 15 is 0 Å². The number of ether oxygens (including phenoxy) is 1. The number of anilines is 1. The van der Waals surface area contributed by atoms with Crippen LogP contribution in [-0.4, -0.2) is 28.2 Å². The first-order valence-electron chi connectivity index (χ1n) is 6.57. The van der Waals surface area contributed by atoms with Crippen molar-refractivity contribution in [1.82, 2.24) is 9.55 Å². The number of carbonyl (C=O) groups excluding carboxylic acids is 1. The van der Waals surface area contributed by atoms with Gasteiger partial charge in [-0.3, -0.25) is 9.59 Å². The van der Waals surface area contributed by atoms with Crippen LogP contribution in [0.15, 0.2) is 17.2 Å². The van der Waals surface area contributed by atoms with E-state index in [9.17, 15) is 9.59 Å². The molecule has 1 aliphatic rings. The quantitative estimate of drug-likeness (QED) is 0.882. The van der Waals surface area contributed by atoms with Crippen LogP contribution in [0, 0.1) is 5.92 Å². The fourth-order valence-corrected chi connectivity index (χ4v) is 2.34. The Hall–Kier alpha value is -1.69. The van der Waals surface area contributed by atoms with E-state index in [1.54, 1.807) is 13.2 Å². The third kappa shape index (κ3) is 3.01. The van der Waals surface area contributed by atoms with Crippen LogP contribution in [0.25, 0.3) is 0 Å². The van der Waals surface area contributed by atoms with E-state index in [0.717, 1.165) is 19.3 Å². The molecule has 1 aromatic heterocycles. The number of amides is 1. The highest BCUT2D eigenvalue weighted by Gasteiger charge is 2.31. The molecule has 0 bridgehead atoms. The molecular weight excluding hydrogens is 246 g/mol. The smallest absolute Gasteiger partial charge is 0.293 e. The standard InChI is InChI=1S/C13H19N3O3/c1-3-10-9(5-4-8-19-10)12(17)15-11-13(18)16(2)7-6-14-11/h6-7,9-10H,3-5,8H2,1-2H3,(H,14,15,17)/t9-,10-/m1/s1. The third-order valence-electron chi connectivity index (χ3n) is 3.44. The van der Waals surface area contributed by atoms with Crippen molar-refractivity contribution in [3.05, 3.63) is 22.7 Å². The summed E-state index contributed by atoms with van der Waals surface area (Å²) >= 11 is 0. The summed E-state index contributed by atoms with van der Waals surface area (Å²) in [6.07, 6.45) is 5.42. The number of hydrogen-bond acceptors (Lipinski definition) is 4. The first-order chi connectivity index (χ1) is 9.13. The lowest BCUT2D eigenvalue weighted by molar-refractivity contribution is -0.129. The SMILES string of the molecule is CC[C@H]1OCCC[C@H]1C(=O)Nc1nccn(C)c1=O. The summed E-state index contributed by atoms with van der Waals surface area (Å²) in [5, 5.41) is 2.62. The molecule has 0 aromatic carbocycles. The van der Waals surface area contributed by atoms with Gasteiger partial charge in [0.2, 0.25) is 5.91 Å². The lowest BCUT2D eigenvalue weighted by Gasteiger charge is -2.29. The van der Waals surface area contributed by atoms with Gasteiger partial charge in [0.15, 0.2) is 5.82 Å². The Balaban J connectivity index is 2.12. The van der Waals surface area contributed by atoms with Crippen molar-refractivity contribution in [3.63, 3.8) is 0 Å². The van der Waals surface area contributed by atoms with Gasteiger partial charge in [-0.05, 0) is 19.3 Å². The zero-order chi connectivity index (χ0) is 13.8. The summed E-state index contributed by atoms with van der Waals surface area (Å²) in [5.74, 6) is -0.303. The molecule has 2 atom stereocenters. The van der Waals surface area contributed by atoms with Crippen molar-refractivity contribution in [2.75, 3.05) is 11.9 Å². The van der Waals surface area contributed by atoms with Crippen molar-refractivity contribution in [1.29, 1.82) is 0 Å². The maximum Gasteiger partial charge on any atom is 0.293 e. The van der Waals surface area contributed by atoms with E-state index in [2.05, 4.69) is 10.3 Å². The van der Waals surface area contributed by atoms with Gasteiger partial charge < -0.3 is 14.6 Å². The second kappa shape index (κ2) is 5.97. The van der Waals surface area contributed by atoms with Gasteiger partial charge in [0.25, 0.3) is 5.56 Å². The lowest BCUT2D eigenvalue weighted by atomic mass is 9.92. The number of hydrogen-bond donors (Lipinski definition) is 1. The van der Waals surface area contributed by atoms with Gasteiger partial charge in [-0.2, -0.15) is 0 Å². The van der Waals surface area contributed by atoms with E-state index < -0.39 is 0 Å². The lowest BCUT2D eigenvalue weighted by Crippen LogP contribution is -2.39. The Morgan fingerprint density at radius 3 is 3.16 bits per heavy atom. The van der Waals surface area contributed by atoms with E-state index in [1.165, 1.54) is 10.8 Å². The molecule has 19 heavy (non-hydrogen) atoms. The van der Waals surface area contributed by atoms with Crippen molar-refractivity contribution >= 4 is 11.7 Å². The predicted molar refractivity (Wildman–Crippen MR) is 70.9 cm³/mol. The van der Waals surface area contributed by atoms with Gasteiger partial charge in [-0.1, -0.05) is 6.92 Å². The fraction of sp³-hybridized carbons (Fsp3) is 0.615. The summed E-state index contributed by atoms with van der Waals surface area (Å²) in [6.45, 7) is 2.70. The largest absolute Gasteiger partial charge is 0.377 e. The number of aryl methyl sites for hydroxylation is 1. The van der Waals surface area contributed by atoms with Gasteiger partial charge in [-0.15, -0.1) is 0 Å². The van der Waals surface area contributed by atoms with Crippen LogP contribution in [0.5, 0.6) is 0 Å². The monoisotopic (exact) mass is 265 g/mol. The molecule has 0 saturated carbocycles. The molecule has 104 valence electrons. The molecule has 0 unspecified atom stereocenters. The summed E-state index contributed by atoms with van der Waals surface area (Å²) in [6, 6.07) is 0. The number of carbonyl (C=O) groups is 1. The van der Waals surface area contributed by atoms with Crippen LogP contribution in [0.3, 0.4) is 0 Å². The molecule has 2 rings (SSSR count). The molecule has 1 saturated heterocycles. The second-order valence-corrected chi connectivity index (χ2v) is 4.75. The normalized spacial score (nSPS) is 23.1. The van der Waals surface area contributed by atoms with Crippen LogP contribution < -0.4 is 10.9 Å². The number of nitrogens with zero attached hydrogens (tertiary/aromatic N) is 2. The zero-order valence-electron chi connectivity index (χ0n) is 11.3. The van der Waals surface area contributed by atoms with Crippen LogP contribution in [0.1, 0.15) is 26.2 Å². The zero-order valence-corrected chi connectivity index (χ0v) is 11.3. The highest BCUT2D eigenvalue weighted by molar-refractivity contribution is 5.91. The Morgan fingerprint density at radius 1 is 1.63 bits per heavy atom. The van der Waals surface area contributed by atoms with Crippen LogP contribution in [0.2, 0.25) is 0 Å². The first kappa shape index (κ1) is 13.7. The molecule has 6 heteroatoms. The van der Waals surface area contributed by atoms with Crippen molar-refractivity contribution in [2.45, 2.75) is 32.3 Å². The van der Waals surface area contributed by atoms with E-state index in [-0.39, 0.29) is 29.3 Å². The minimum atomic E-state index is -0.305. The third-order valence-corrected chi connectivity index (χ3v) is 3.44. The van der Waals surface area contributed by atoms with Gasteiger partial charge >= 0.3 is 0 Å². The highest BCUT2D eigenvalue weighted by atomic mass is 16.5.